The van der Waals surface area contributed by atoms with Crippen molar-refractivity contribution in [2.75, 3.05) is 13.1 Å². The molecule has 2 heterocycles. The fraction of sp³-hybridized carbons (Fsp3) is 0.600. The standard InChI is InChI=1S/C15H22N2O2/c1-10-7-13(18)12(8-16-10)14(19)17-6-5-11(9-17)15(2,3)4/h7-8,11H,5-6,9H2,1-4H3,(H,16,18). The normalized spacial score (nSPS) is 19.8. The first-order chi connectivity index (χ1) is 8.79. The summed E-state index contributed by atoms with van der Waals surface area (Å²) in [6.07, 6.45) is 2.55. The SMILES string of the molecule is Cc1cc(=O)c(C(=O)N2CCC(C(C)(C)C)C2)c[nH]1. The molecule has 1 amide bonds. The Morgan fingerprint density at radius 2 is 2.11 bits per heavy atom. The van der Waals surface area contributed by atoms with Crippen LogP contribution in [0, 0.1) is 18.3 Å². The lowest BCUT2D eigenvalue weighted by Gasteiger charge is -2.26. The minimum absolute atomic E-state index is 0.145. The third-order valence-electron chi connectivity index (χ3n) is 3.99. The van der Waals surface area contributed by atoms with E-state index < -0.39 is 0 Å². The van der Waals surface area contributed by atoms with Crippen LogP contribution in [0.4, 0.5) is 0 Å². The van der Waals surface area contributed by atoms with Crippen molar-refractivity contribution in [3.05, 3.63) is 33.7 Å². The summed E-state index contributed by atoms with van der Waals surface area (Å²) < 4.78 is 0. The molecule has 1 unspecified atom stereocenters. The lowest BCUT2D eigenvalue weighted by Crippen LogP contribution is -2.34. The minimum atomic E-state index is -0.194. The smallest absolute Gasteiger partial charge is 0.259 e. The number of aromatic nitrogens is 1. The van der Waals surface area contributed by atoms with Crippen molar-refractivity contribution in [3.63, 3.8) is 0 Å². The van der Waals surface area contributed by atoms with Crippen LogP contribution in [-0.4, -0.2) is 28.9 Å². The van der Waals surface area contributed by atoms with Crippen LogP contribution >= 0.6 is 0 Å². The van der Waals surface area contributed by atoms with Gasteiger partial charge in [0.2, 0.25) is 0 Å². The van der Waals surface area contributed by atoms with Crippen LogP contribution < -0.4 is 5.43 Å². The van der Waals surface area contributed by atoms with Gasteiger partial charge in [0, 0.05) is 31.0 Å². The number of nitrogens with one attached hydrogen (secondary N) is 1. The van der Waals surface area contributed by atoms with E-state index in [9.17, 15) is 9.59 Å². The molecule has 0 spiro atoms. The van der Waals surface area contributed by atoms with E-state index in [1.165, 1.54) is 12.3 Å². The van der Waals surface area contributed by atoms with Gasteiger partial charge in [-0.2, -0.15) is 0 Å². The number of aromatic amines is 1. The predicted octanol–water partition coefficient (Wildman–Crippen LogP) is 2.19. The summed E-state index contributed by atoms with van der Waals surface area (Å²) in [7, 11) is 0. The van der Waals surface area contributed by atoms with Gasteiger partial charge in [-0.1, -0.05) is 20.8 Å². The molecule has 4 nitrogen and oxygen atoms in total. The molecular formula is C15H22N2O2. The highest BCUT2D eigenvalue weighted by atomic mass is 16.2. The van der Waals surface area contributed by atoms with Crippen LogP contribution in [-0.2, 0) is 0 Å². The Morgan fingerprint density at radius 1 is 1.42 bits per heavy atom. The predicted molar refractivity (Wildman–Crippen MR) is 75.3 cm³/mol. The Kier molecular flexibility index (Phi) is 3.52. The largest absolute Gasteiger partial charge is 0.364 e. The summed E-state index contributed by atoms with van der Waals surface area (Å²) in [6, 6.07) is 1.48. The summed E-state index contributed by atoms with van der Waals surface area (Å²) in [6.45, 7) is 9.89. The first-order valence-electron chi connectivity index (χ1n) is 6.77. The number of hydrogen-bond donors (Lipinski definition) is 1. The van der Waals surface area contributed by atoms with E-state index in [0.29, 0.717) is 5.92 Å². The summed E-state index contributed by atoms with van der Waals surface area (Å²) in [4.78, 5) is 28.9. The summed E-state index contributed by atoms with van der Waals surface area (Å²) in [5.41, 5.74) is 1.03. The number of hydrogen-bond acceptors (Lipinski definition) is 2. The van der Waals surface area contributed by atoms with Crippen LogP contribution in [0.2, 0.25) is 0 Å². The van der Waals surface area contributed by atoms with E-state index in [4.69, 9.17) is 0 Å². The Hall–Kier alpha value is -1.58. The maximum Gasteiger partial charge on any atom is 0.259 e. The highest BCUT2D eigenvalue weighted by Crippen LogP contribution is 2.33. The molecule has 0 saturated carbocycles. The minimum Gasteiger partial charge on any atom is -0.364 e. The van der Waals surface area contributed by atoms with E-state index in [1.54, 1.807) is 11.8 Å². The molecule has 1 aromatic heterocycles. The number of carbonyl (C=O) groups is 1. The third-order valence-corrected chi connectivity index (χ3v) is 3.99. The number of rotatable bonds is 1. The fourth-order valence-electron chi connectivity index (χ4n) is 2.56. The maximum atomic E-state index is 12.4. The maximum absolute atomic E-state index is 12.4. The molecule has 1 fully saturated rings. The van der Waals surface area contributed by atoms with Gasteiger partial charge in [0.05, 0.1) is 0 Å². The lowest BCUT2D eigenvalue weighted by atomic mass is 9.80. The quantitative estimate of drug-likeness (QED) is 0.843. The van der Waals surface area contributed by atoms with E-state index >= 15 is 0 Å². The molecule has 4 heteroatoms. The van der Waals surface area contributed by atoms with Gasteiger partial charge >= 0.3 is 0 Å². The van der Waals surface area contributed by atoms with Crippen molar-refractivity contribution in [2.45, 2.75) is 34.1 Å². The molecule has 1 N–H and O–H groups in total. The van der Waals surface area contributed by atoms with Crippen molar-refractivity contribution < 1.29 is 4.79 Å². The first kappa shape index (κ1) is 13.8. The molecule has 19 heavy (non-hydrogen) atoms. The first-order valence-corrected chi connectivity index (χ1v) is 6.77. The zero-order chi connectivity index (χ0) is 14.2. The topological polar surface area (TPSA) is 53.2 Å². The average molecular weight is 262 g/mol. The molecule has 0 aliphatic carbocycles. The van der Waals surface area contributed by atoms with E-state index in [-0.39, 0.29) is 22.3 Å². The van der Waals surface area contributed by atoms with Crippen LogP contribution in [0.5, 0.6) is 0 Å². The van der Waals surface area contributed by atoms with Gasteiger partial charge in [-0.3, -0.25) is 9.59 Å². The molecule has 1 atom stereocenters. The second kappa shape index (κ2) is 4.83. The number of pyridine rings is 1. The van der Waals surface area contributed by atoms with E-state index in [2.05, 4.69) is 25.8 Å². The van der Waals surface area contributed by atoms with Crippen molar-refractivity contribution in [1.82, 2.24) is 9.88 Å². The van der Waals surface area contributed by atoms with Gasteiger partial charge in [-0.25, -0.2) is 0 Å². The van der Waals surface area contributed by atoms with Gasteiger partial charge < -0.3 is 9.88 Å². The molecule has 1 saturated heterocycles. The number of amides is 1. The Bertz CT molecular complexity index is 540. The van der Waals surface area contributed by atoms with Gasteiger partial charge in [-0.15, -0.1) is 0 Å². The molecule has 104 valence electrons. The Labute approximate surface area is 113 Å². The lowest BCUT2D eigenvalue weighted by molar-refractivity contribution is 0.0775. The third kappa shape index (κ3) is 2.88. The van der Waals surface area contributed by atoms with Crippen LogP contribution in [0.15, 0.2) is 17.1 Å². The molecule has 1 aliphatic rings. The molecule has 0 radical (unpaired) electrons. The number of nitrogens with zero attached hydrogens (tertiary/aromatic N) is 1. The van der Waals surface area contributed by atoms with Gasteiger partial charge in [0.25, 0.3) is 5.91 Å². The average Bonchev–Trinajstić information content (AvgIpc) is 2.76. The van der Waals surface area contributed by atoms with Gasteiger partial charge in [0.1, 0.15) is 5.56 Å². The van der Waals surface area contributed by atoms with Crippen molar-refractivity contribution in [3.8, 4) is 0 Å². The number of H-pyrrole nitrogens is 1. The zero-order valence-electron chi connectivity index (χ0n) is 12.1. The van der Waals surface area contributed by atoms with Gasteiger partial charge in [-0.05, 0) is 24.7 Å². The second-order valence-corrected chi connectivity index (χ2v) is 6.50. The number of likely N-dealkylation sites (tertiary alicyclic amines) is 1. The van der Waals surface area contributed by atoms with Crippen LogP contribution in [0.25, 0.3) is 0 Å². The molecule has 2 rings (SSSR count). The van der Waals surface area contributed by atoms with Crippen LogP contribution in [0.1, 0.15) is 43.2 Å². The monoisotopic (exact) mass is 262 g/mol. The number of aryl methyl sites for hydroxylation is 1. The van der Waals surface area contributed by atoms with Crippen molar-refractivity contribution in [1.29, 1.82) is 0 Å². The highest BCUT2D eigenvalue weighted by molar-refractivity contribution is 5.94. The molecule has 0 aromatic carbocycles. The zero-order valence-corrected chi connectivity index (χ0v) is 12.1. The molecule has 1 aromatic rings. The van der Waals surface area contributed by atoms with Crippen LogP contribution in [0.3, 0.4) is 0 Å². The van der Waals surface area contributed by atoms with Gasteiger partial charge in [0.15, 0.2) is 5.43 Å². The Morgan fingerprint density at radius 3 is 2.63 bits per heavy atom. The summed E-state index contributed by atoms with van der Waals surface area (Å²) >= 11 is 0. The van der Waals surface area contributed by atoms with Crippen molar-refractivity contribution in [2.24, 2.45) is 11.3 Å². The van der Waals surface area contributed by atoms with E-state index in [0.717, 1.165) is 25.2 Å². The second-order valence-electron chi connectivity index (χ2n) is 6.50. The summed E-state index contributed by atoms with van der Waals surface area (Å²) in [5, 5.41) is 0. The highest BCUT2D eigenvalue weighted by Gasteiger charge is 2.34. The molecular weight excluding hydrogens is 240 g/mol. The molecule has 1 aliphatic heterocycles. The van der Waals surface area contributed by atoms with Crippen molar-refractivity contribution >= 4 is 5.91 Å². The molecule has 0 bridgehead atoms. The number of carbonyl (C=O) groups excluding carboxylic acids is 1. The van der Waals surface area contributed by atoms with E-state index in [1.807, 2.05) is 0 Å². The fourth-order valence-corrected chi connectivity index (χ4v) is 2.56. The Balaban J connectivity index is 2.16. The summed E-state index contributed by atoms with van der Waals surface area (Å²) in [5.74, 6) is 0.356.